The van der Waals surface area contributed by atoms with Gasteiger partial charge < -0.3 is 24.8 Å². The van der Waals surface area contributed by atoms with Crippen LogP contribution >= 0.6 is 0 Å². The van der Waals surface area contributed by atoms with E-state index in [1.807, 2.05) is 20.8 Å². The van der Waals surface area contributed by atoms with Crippen molar-refractivity contribution in [1.82, 2.24) is 5.32 Å². The van der Waals surface area contributed by atoms with E-state index in [1.54, 1.807) is 19.2 Å². The topological polar surface area (TPSA) is 85.9 Å². The van der Waals surface area contributed by atoms with Crippen molar-refractivity contribution in [3.63, 3.8) is 0 Å². The molecular weight excluding hydrogens is 300 g/mol. The Morgan fingerprint density at radius 2 is 1.87 bits per heavy atom. The fraction of sp³-hybridized carbons (Fsp3) is 0.500. The van der Waals surface area contributed by atoms with Crippen LogP contribution in [-0.2, 0) is 9.47 Å². The number of urea groups is 1. The van der Waals surface area contributed by atoms with Crippen LogP contribution in [0.15, 0.2) is 18.2 Å². The molecule has 1 atom stereocenters. The summed E-state index contributed by atoms with van der Waals surface area (Å²) in [5.41, 5.74) is 0.715. The van der Waals surface area contributed by atoms with Crippen LogP contribution in [0.5, 0.6) is 5.75 Å². The van der Waals surface area contributed by atoms with E-state index in [0.29, 0.717) is 23.6 Å². The Labute approximate surface area is 136 Å². The lowest BCUT2D eigenvalue weighted by Gasteiger charge is -2.18. The molecule has 1 aromatic rings. The summed E-state index contributed by atoms with van der Waals surface area (Å²) in [6.45, 7) is 5.96. The van der Waals surface area contributed by atoms with E-state index in [9.17, 15) is 9.59 Å². The monoisotopic (exact) mass is 324 g/mol. The third kappa shape index (κ3) is 6.15. The molecular formula is C16H24N2O5. The third-order valence-electron chi connectivity index (χ3n) is 2.81. The van der Waals surface area contributed by atoms with Gasteiger partial charge >= 0.3 is 12.0 Å². The number of ether oxygens (including phenoxy) is 3. The van der Waals surface area contributed by atoms with Crippen molar-refractivity contribution in [3.05, 3.63) is 23.8 Å². The second kappa shape index (κ2) is 8.99. The molecule has 2 amide bonds. The number of hydrogen-bond donors (Lipinski definition) is 2. The molecule has 0 aliphatic heterocycles. The van der Waals surface area contributed by atoms with Gasteiger partial charge in [-0.1, -0.05) is 0 Å². The molecule has 0 aliphatic carbocycles. The Balaban J connectivity index is 2.95. The van der Waals surface area contributed by atoms with Crippen molar-refractivity contribution < 1.29 is 23.8 Å². The van der Waals surface area contributed by atoms with Crippen LogP contribution < -0.4 is 15.4 Å². The minimum absolute atomic E-state index is 0.0741. The molecule has 23 heavy (non-hydrogen) atoms. The maximum Gasteiger partial charge on any atom is 0.337 e. The molecule has 128 valence electrons. The van der Waals surface area contributed by atoms with E-state index in [4.69, 9.17) is 9.47 Å². The predicted octanol–water partition coefficient (Wildman–Crippen LogP) is 2.42. The highest BCUT2D eigenvalue weighted by Gasteiger charge is 2.15. The van der Waals surface area contributed by atoms with Gasteiger partial charge in [0.05, 0.1) is 37.1 Å². The average Bonchev–Trinajstić information content (AvgIpc) is 2.47. The quantitative estimate of drug-likeness (QED) is 0.752. The highest BCUT2D eigenvalue weighted by molar-refractivity contribution is 5.95. The Hall–Kier alpha value is -2.28. The van der Waals surface area contributed by atoms with Gasteiger partial charge in [0.15, 0.2) is 0 Å². The summed E-state index contributed by atoms with van der Waals surface area (Å²) in [6.07, 6.45) is -0.0741. The van der Waals surface area contributed by atoms with Crippen molar-refractivity contribution >= 4 is 17.7 Å². The molecule has 0 unspecified atom stereocenters. The van der Waals surface area contributed by atoms with Crippen LogP contribution in [0.2, 0.25) is 0 Å². The molecule has 1 rings (SSSR count). The van der Waals surface area contributed by atoms with Gasteiger partial charge in [0.1, 0.15) is 5.75 Å². The molecule has 0 radical (unpaired) electrons. The van der Waals surface area contributed by atoms with Gasteiger partial charge in [0, 0.05) is 7.11 Å². The molecule has 0 fully saturated rings. The summed E-state index contributed by atoms with van der Waals surface area (Å²) in [5.74, 6) is -0.0143. The summed E-state index contributed by atoms with van der Waals surface area (Å²) in [5, 5.41) is 5.41. The van der Waals surface area contributed by atoms with Crippen molar-refractivity contribution in [2.45, 2.75) is 32.9 Å². The Morgan fingerprint density at radius 1 is 1.17 bits per heavy atom. The Kier molecular flexibility index (Phi) is 7.34. The van der Waals surface area contributed by atoms with E-state index in [1.165, 1.54) is 13.2 Å². The Bertz CT molecular complexity index is 545. The van der Waals surface area contributed by atoms with Gasteiger partial charge in [0.25, 0.3) is 0 Å². The van der Waals surface area contributed by atoms with Crippen LogP contribution in [0.1, 0.15) is 31.1 Å². The predicted molar refractivity (Wildman–Crippen MR) is 87.0 cm³/mol. The summed E-state index contributed by atoms with van der Waals surface area (Å²) < 4.78 is 15.3. The fourth-order valence-electron chi connectivity index (χ4n) is 1.90. The third-order valence-corrected chi connectivity index (χ3v) is 2.81. The molecule has 0 saturated heterocycles. The maximum absolute atomic E-state index is 12.0. The normalized spacial score (nSPS) is 11.7. The van der Waals surface area contributed by atoms with Gasteiger partial charge in [-0.05, 0) is 39.0 Å². The van der Waals surface area contributed by atoms with Gasteiger partial charge in [-0.25, -0.2) is 9.59 Å². The van der Waals surface area contributed by atoms with E-state index < -0.39 is 12.0 Å². The second-order valence-corrected chi connectivity index (χ2v) is 5.32. The molecule has 7 heteroatoms. The van der Waals surface area contributed by atoms with Crippen molar-refractivity contribution in [2.24, 2.45) is 0 Å². The first-order valence-electron chi connectivity index (χ1n) is 7.32. The molecule has 0 spiro atoms. The highest BCUT2D eigenvalue weighted by atomic mass is 16.5. The summed E-state index contributed by atoms with van der Waals surface area (Å²) in [6, 6.07) is 4.16. The first-order valence-corrected chi connectivity index (χ1v) is 7.32. The number of esters is 1. The molecule has 2 N–H and O–H groups in total. The van der Waals surface area contributed by atoms with E-state index in [-0.39, 0.29) is 12.1 Å². The lowest BCUT2D eigenvalue weighted by Crippen LogP contribution is -2.38. The number of carbonyl (C=O) groups is 2. The molecule has 7 nitrogen and oxygen atoms in total. The van der Waals surface area contributed by atoms with E-state index in [0.717, 1.165) is 0 Å². The smallest absolute Gasteiger partial charge is 0.337 e. The number of anilines is 1. The largest absolute Gasteiger partial charge is 0.489 e. The van der Waals surface area contributed by atoms with Crippen LogP contribution in [0.3, 0.4) is 0 Å². The van der Waals surface area contributed by atoms with Crippen molar-refractivity contribution in [2.75, 3.05) is 26.1 Å². The van der Waals surface area contributed by atoms with E-state index >= 15 is 0 Å². The lowest BCUT2D eigenvalue weighted by atomic mass is 10.2. The zero-order chi connectivity index (χ0) is 17.4. The first kappa shape index (κ1) is 18.8. The molecule has 1 aromatic carbocycles. The minimum Gasteiger partial charge on any atom is -0.489 e. The summed E-state index contributed by atoms with van der Waals surface area (Å²) in [7, 11) is 2.86. The first-order chi connectivity index (χ1) is 10.9. The standard InChI is InChI=1S/C16H24N2O5/c1-10(2)23-14-7-6-12(15(19)22-5)8-13(14)18-16(20)17-11(3)9-21-4/h6-8,10-11H,9H2,1-5H3,(H2,17,18,20)/t11-/m0/s1. The van der Waals surface area contributed by atoms with Crippen molar-refractivity contribution in [1.29, 1.82) is 0 Å². The fourth-order valence-corrected chi connectivity index (χ4v) is 1.90. The molecule has 0 bridgehead atoms. The van der Waals surface area contributed by atoms with Crippen LogP contribution in [0.4, 0.5) is 10.5 Å². The van der Waals surface area contributed by atoms with Gasteiger partial charge in [0.2, 0.25) is 0 Å². The number of methoxy groups -OCH3 is 2. The molecule has 0 saturated carbocycles. The summed E-state index contributed by atoms with van der Waals surface area (Å²) >= 11 is 0. The molecule has 0 aromatic heterocycles. The van der Waals surface area contributed by atoms with Crippen LogP contribution in [0.25, 0.3) is 0 Å². The molecule has 0 aliphatic rings. The Morgan fingerprint density at radius 3 is 2.43 bits per heavy atom. The van der Waals surface area contributed by atoms with Crippen LogP contribution in [-0.4, -0.2) is 45.0 Å². The average molecular weight is 324 g/mol. The number of nitrogens with one attached hydrogen (secondary N) is 2. The number of benzene rings is 1. The number of amides is 2. The lowest BCUT2D eigenvalue weighted by molar-refractivity contribution is 0.0600. The minimum atomic E-state index is -0.489. The van der Waals surface area contributed by atoms with Crippen molar-refractivity contribution in [3.8, 4) is 5.75 Å². The zero-order valence-electron chi connectivity index (χ0n) is 14.1. The van der Waals surface area contributed by atoms with Crippen LogP contribution in [0, 0.1) is 0 Å². The van der Waals surface area contributed by atoms with Gasteiger partial charge in [-0.3, -0.25) is 0 Å². The second-order valence-electron chi connectivity index (χ2n) is 5.32. The number of carbonyl (C=O) groups excluding carboxylic acids is 2. The summed E-state index contributed by atoms with van der Waals surface area (Å²) in [4.78, 5) is 23.7. The number of hydrogen-bond acceptors (Lipinski definition) is 5. The van der Waals surface area contributed by atoms with E-state index in [2.05, 4.69) is 15.4 Å². The molecule has 0 heterocycles. The maximum atomic E-state index is 12.0. The zero-order valence-corrected chi connectivity index (χ0v) is 14.1. The number of rotatable bonds is 7. The van der Waals surface area contributed by atoms with Gasteiger partial charge in [-0.2, -0.15) is 0 Å². The highest BCUT2D eigenvalue weighted by Crippen LogP contribution is 2.27. The SMILES string of the molecule is COC[C@H](C)NC(=O)Nc1cc(C(=O)OC)ccc1OC(C)C. The van der Waals surface area contributed by atoms with Gasteiger partial charge in [-0.15, -0.1) is 0 Å².